The molecule has 6 nitrogen and oxygen atoms in total. The monoisotopic (exact) mass is 347 g/mol. The van der Waals surface area contributed by atoms with E-state index in [0.717, 1.165) is 16.7 Å². The second-order valence-corrected chi connectivity index (χ2v) is 5.75. The minimum Gasteiger partial charge on any atom is -0.366 e. The molecule has 0 spiro atoms. The summed E-state index contributed by atoms with van der Waals surface area (Å²) in [6, 6.07) is 17.2. The molecule has 130 valence electrons. The Kier molecular flexibility index (Phi) is 5.05. The molecule has 0 fully saturated rings. The molecule has 0 aliphatic heterocycles. The molecule has 2 aromatic carbocycles. The molecule has 0 saturated carbocycles. The van der Waals surface area contributed by atoms with E-state index in [4.69, 9.17) is 5.73 Å². The Hall–Kier alpha value is -3.51. The predicted octanol–water partition coefficient (Wildman–Crippen LogP) is 2.88. The van der Waals surface area contributed by atoms with Crippen molar-refractivity contribution in [1.29, 1.82) is 0 Å². The number of carbonyl (C=O) groups is 2. The van der Waals surface area contributed by atoms with E-state index in [1.165, 1.54) is 0 Å². The summed E-state index contributed by atoms with van der Waals surface area (Å²) in [7, 11) is 0. The number of benzene rings is 2. The van der Waals surface area contributed by atoms with Gasteiger partial charge in [0.15, 0.2) is 0 Å². The zero-order valence-corrected chi connectivity index (χ0v) is 13.9. The van der Waals surface area contributed by atoms with Gasteiger partial charge >= 0.3 is 0 Å². The van der Waals surface area contributed by atoms with E-state index in [-0.39, 0.29) is 6.54 Å². The zero-order valence-electron chi connectivity index (χ0n) is 13.9. The lowest BCUT2D eigenvalue weighted by Gasteiger charge is -2.15. The molecule has 0 atom stereocenters. The van der Waals surface area contributed by atoms with Gasteiger partial charge in [-0.05, 0) is 47.0 Å². The first-order valence-corrected chi connectivity index (χ1v) is 7.94. The Bertz CT molecular complexity index is 925. The average Bonchev–Trinajstić information content (AvgIpc) is 2.68. The van der Waals surface area contributed by atoms with Crippen molar-refractivity contribution in [3.8, 4) is 11.1 Å². The largest absolute Gasteiger partial charge is 0.366 e. The fraction of sp³-hybridized carbons (Fsp3) is 0.0500. The molecular formula is C20H17N3O3. The highest BCUT2D eigenvalue weighted by atomic mass is 16.5. The van der Waals surface area contributed by atoms with Gasteiger partial charge in [0.2, 0.25) is 5.91 Å². The van der Waals surface area contributed by atoms with Crippen molar-refractivity contribution in [2.24, 2.45) is 5.73 Å². The molecule has 1 heterocycles. The van der Waals surface area contributed by atoms with Crippen LogP contribution in [0.3, 0.4) is 0 Å². The summed E-state index contributed by atoms with van der Waals surface area (Å²) in [6.07, 6.45) is 3.22. The van der Waals surface area contributed by atoms with E-state index in [2.05, 4.69) is 4.98 Å². The molecule has 3 N–H and O–H groups in total. The minimum absolute atomic E-state index is 0.0458. The zero-order chi connectivity index (χ0) is 18.5. The molecule has 3 rings (SSSR count). The fourth-order valence-corrected chi connectivity index (χ4v) is 2.54. The Morgan fingerprint density at radius 1 is 0.962 bits per heavy atom. The van der Waals surface area contributed by atoms with Crippen molar-refractivity contribution < 1.29 is 14.8 Å². The first-order valence-electron chi connectivity index (χ1n) is 7.94. The smallest absolute Gasteiger partial charge is 0.277 e. The van der Waals surface area contributed by atoms with Crippen LogP contribution in [0.25, 0.3) is 11.1 Å². The van der Waals surface area contributed by atoms with Crippen LogP contribution in [0.1, 0.15) is 26.3 Å². The highest BCUT2D eigenvalue weighted by molar-refractivity contribution is 5.95. The number of carbonyl (C=O) groups excluding carboxylic acids is 2. The quantitative estimate of drug-likeness (QED) is 0.548. The second-order valence-electron chi connectivity index (χ2n) is 5.75. The van der Waals surface area contributed by atoms with Crippen molar-refractivity contribution in [3.63, 3.8) is 0 Å². The number of primary amides is 1. The second kappa shape index (κ2) is 7.58. The number of amides is 2. The van der Waals surface area contributed by atoms with Gasteiger partial charge in [0.05, 0.1) is 6.54 Å². The molecule has 0 saturated heterocycles. The summed E-state index contributed by atoms with van der Waals surface area (Å²) in [5.74, 6) is -1.00. The maximum absolute atomic E-state index is 12.5. The van der Waals surface area contributed by atoms with Gasteiger partial charge in [0.25, 0.3) is 5.91 Å². The molecule has 0 radical (unpaired) electrons. The van der Waals surface area contributed by atoms with Gasteiger partial charge in [-0.2, -0.15) is 0 Å². The number of pyridine rings is 1. The molecule has 6 heteroatoms. The lowest BCUT2D eigenvalue weighted by molar-refractivity contribution is -0.0648. The highest BCUT2D eigenvalue weighted by Gasteiger charge is 2.15. The van der Waals surface area contributed by atoms with E-state index in [0.29, 0.717) is 16.2 Å². The van der Waals surface area contributed by atoms with Crippen LogP contribution in [0.5, 0.6) is 0 Å². The van der Waals surface area contributed by atoms with Crippen LogP contribution in [0, 0.1) is 0 Å². The van der Waals surface area contributed by atoms with E-state index >= 15 is 0 Å². The van der Waals surface area contributed by atoms with Gasteiger partial charge in [-0.15, -0.1) is 0 Å². The van der Waals surface area contributed by atoms with E-state index < -0.39 is 11.8 Å². The maximum atomic E-state index is 12.5. The fourth-order valence-electron chi connectivity index (χ4n) is 2.54. The van der Waals surface area contributed by atoms with Gasteiger partial charge < -0.3 is 5.73 Å². The molecule has 2 amide bonds. The summed E-state index contributed by atoms with van der Waals surface area (Å²) in [4.78, 5) is 27.6. The molecule has 0 bridgehead atoms. The van der Waals surface area contributed by atoms with Crippen LogP contribution in [-0.4, -0.2) is 27.1 Å². The third kappa shape index (κ3) is 3.93. The number of rotatable bonds is 5. The summed E-state index contributed by atoms with van der Waals surface area (Å²) in [6.45, 7) is 0.0458. The summed E-state index contributed by atoms with van der Waals surface area (Å²) in [5.41, 5.74) is 8.36. The molecule has 0 aliphatic carbocycles. The average molecular weight is 347 g/mol. The molecule has 3 aromatic rings. The van der Waals surface area contributed by atoms with Crippen LogP contribution >= 0.6 is 0 Å². The molecule has 1 aromatic heterocycles. The summed E-state index contributed by atoms with van der Waals surface area (Å²) >= 11 is 0. The Balaban J connectivity index is 1.80. The van der Waals surface area contributed by atoms with Crippen LogP contribution in [0.4, 0.5) is 0 Å². The minimum atomic E-state index is -0.510. The van der Waals surface area contributed by atoms with Crippen LogP contribution < -0.4 is 5.73 Å². The first kappa shape index (κ1) is 17.3. The SMILES string of the molecule is NC(=O)c1ccc(-c2cccc(C(=O)N(O)Cc3cccnc3)c2)cc1. The van der Waals surface area contributed by atoms with E-state index in [1.54, 1.807) is 67.0 Å². The number of hydroxylamine groups is 2. The van der Waals surface area contributed by atoms with Crippen molar-refractivity contribution in [2.75, 3.05) is 0 Å². The van der Waals surface area contributed by atoms with Crippen molar-refractivity contribution in [3.05, 3.63) is 89.7 Å². The first-order chi connectivity index (χ1) is 12.5. The third-order valence-corrected chi connectivity index (χ3v) is 3.90. The van der Waals surface area contributed by atoms with Gasteiger partial charge in [-0.1, -0.05) is 30.3 Å². The summed E-state index contributed by atoms with van der Waals surface area (Å²) in [5, 5.41) is 10.7. The molecule has 0 unspecified atom stereocenters. The molecule has 26 heavy (non-hydrogen) atoms. The number of aromatic nitrogens is 1. The van der Waals surface area contributed by atoms with Crippen molar-refractivity contribution >= 4 is 11.8 Å². The lowest BCUT2D eigenvalue weighted by Crippen LogP contribution is -2.26. The van der Waals surface area contributed by atoms with E-state index in [9.17, 15) is 14.8 Å². The van der Waals surface area contributed by atoms with Crippen molar-refractivity contribution in [2.45, 2.75) is 6.54 Å². The Labute approximate surface area is 150 Å². The van der Waals surface area contributed by atoms with Gasteiger partial charge in [-0.25, -0.2) is 5.06 Å². The number of hydrogen-bond donors (Lipinski definition) is 2. The molecule has 0 aliphatic rings. The Morgan fingerprint density at radius 2 is 1.73 bits per heavy atom. The maximum Gasteiger partial charge on any atom is 0.277 e. The number of hydrogen-bond acceptors (Lipinski definition) is 4. The standard InChI is InChI=1S/C20H17N3O3/c21-19(24)16-8-6-15(7-9-16)17-4-1-5-18(11-17)20(25)23(26)13-14-3-2-10-22-12-14/h1-12,26H,13H2,(H2,21,24). The third-order valence-electron chi connectivity index (χ3n) is 3.90. The van der Waals surface area contributed by atoms with Crippen LogP contribution in [-0.2, 0) is 6.54 Å². The van der Waals surface area contributed by atoms with Crippen LogP contribution in [0.2, 0.25) is 0 Å². The Morgan fingerprint density at radius 3 is 2.38 bits per heavy atom. The number of nitrogens with zero attached hydrogens (tertiary/aromatic N) is 2. The van der Waals surface area contributed by atoms with Gasteiger partial charge in [-0.3, -0.25) is 19.8 Å². The van der Waals surface area contributed by atoms with Crippen LogP contribution in [0.15, 0.2) is 73.1 Å². The van der Waals surface area contributed by atoms with Gasteiger partial charge in [0.1, 0.15) is 0 Å². The van der Waals surface area contributed by atoms with Crippen molar-refractivity contribution in [1.82, 2.24) is 10.0 Å². The number of nitrogens with two attached hydrogens (primary N) is 1. The topological polar surface area (TPSA) is 96.5 Å². The summed E-state index contributed by atoms with van der Waals surface area (Å²) < 4.78 is 0. The lowest BCUT2D eigenvalue weighted by atomic mass is 10.0. The van der Waals surface area contributed by atoms with Gasteiger partial charge in [0, 0.05) is 23.5 Å². The predicted molar refractivity (Wildman–Crippen MR) is 96.3 cm³/mol. The normalized spacial score (nSPS) is 10.3. The molecular weight excluding hydrogens is 330 g/mol. The highest BCUT2D eigenvalue weighted by Crippen LogP contribution is 2.22. The van der Waals surface area contributed by atoms with E-state index in [1.807, 2.05) is 6.07 Å².